The predicted molar refractivity (Wildman–Crippen MR) is 91.3 cm³/mol. The summed E-state index contributed by atoms with van der Waals surface area (Å²) >= 11 is 0. The van der Waals surface area contributed by atoms with Crippen molar-refractivity contribution in [3.63, 3.8) is 0 Å². The Bertz CT molecular complexity index is 579. The third-order valence-electron chi connectivity index (χ3n) is 4.56. The third kappa shape index (κ3) is 4.42. The van der Waals surface area contributed by atoms with Crippen LogP contribution in [0.15, 0.2) is 60.7 Å². The van der Waals surface area contributed by atoms with Crippen molar-refractivity contribution in [2.45, 2.75) is 12.8 Å². The molecule has 0 saturated carbocycles. The maximum Gasteiger partial charge on any atom is 0.309 e. The average molecular weight is 309 g/mol. The summed E-state index contributed by atoms with van der Waals surface area (Å²) in [6.45, 7) is 2.35. The highest BCUT2D eigenvalue weighted by atomic mass is 16.4. The molecule has 3 rings (SSSR count). The molecule has 0 amide bonds. The zero-order valence-electron chi connectivity index (χ0n) is 13.3. The molecule has 0 radical (unpaired) electrons. The van der Waals surface area contributed by atoms with Crippen molar-refractivity contribution >= 4 is 5.97 Å². The van der Waals surface area contributed by atoms with Gasteiger partial charge in [0.25, 0.3) is 0 Å². The molecular formula is C20H23NO2. The summed E-state index contributed by atoms with van der Waals surface area (Å²) in [6, 6.07) is 21.1. The molecule has 0 aromatic heterocycles. The van der Waals surface area contributed by atoms with E-state index in [0.717, 1.165) is 19.4 Å². The summed E-state index contributed by atoms with van der Waals surface area (Å²) in [5.74, 6) is -0.331. The fourth-order valence-electron chi connectivity index (χ4n) is 3.34. The van der Waals surface area contributed by atoms with Gasteiger partial charge < -0.3 is 10.0 Å². The van der Waals surface area contributed by atoms with Crippen LogP contribution in [0.5, 0.6) is 0 Å². The first-order chi connectivity index (χ1) is 11.2. The molecule has 2 aromatic rings. The van der Waals surface area contributed by atoms with Crippen LogP contribution in [0.4, 0.5) is 0 Å². The molecule has 1 heterocycles. The van der Waals surface area contributed by atoms with Gasteiger partial charge >= 0.3 is 5.97 Å². The molecule has 3 nitrogen and oxygen atoms in total. The van der Waals surface area contributed by atoms with Crippen LogP contribution in [-0.4, -0.2) is 35.6 Å². The Balaban J connectivity index is 1.63. The smallest absolute Gasteiger partial charge is 0.309 e. The van der Waals surface area contributed by atoms with E-state index < -0.39 is 5.97 Å². The Kier molecular flexibility index (Phi) is 5.09. The molecule has 0 aliphatic carbocycles. The Hall–Kier alpha value is -2.13. The van der Waals surface area contributed by atoms with E-state index in [0.29, 0.717) is 19.0 Å². The number of rotatable bonds is 7. The fourth-order valence-corrected chi connectivity index (χ4v) is 3.34. The lowest BCUT2D eigenvalue weighted by Gasteiger charge is -2.39. The highest BCUT2D eigenvalue weighted by molar-refractivity contribution is 5.71. The van der Waals surface area contributed by atoms with Gasteiger partial charge in [0.05, 0.1) is 5.92 Å². The van der Waals surface area contributed by atoms with E-state index in [2.05, 4.69) is 53.4 Å². The van der Waals surface area contributed by atoms with E-state index in [1.807, 2.05) is 12.1 Å². The first-order valence-corrected chi connectivity index (χ1v) is 8.23. The van der Waals surface area contributed by atoms with Gasteiger partial charge in [-0.3, -0.25) is 4.79 Å². The molecule has 2 aromatic carbocycles. The first kappa shape index (κ1) is 15.8. The van der Waals surface area contributed by atoms with Gasteiger partial charge in [-0.1, -0.05) is 60.7 Å². The van der Waals surface area contributed by atoms with Crippen LogP contribution in [0.25, 0.3) is 0 Å². The van der Waals surface area contributed by atoms with Gasteiger partial charge in [0, 0.05) is 19.6 Å². The summed E-state index contributed by atoms with van der Waals surface area (Å²) in [7, 11) is 0. The number of benzene rings is 2. The zero-order valence-corrected chi connectivity index (χ0v) is 13.3. The van der Waals surface area contributed by atoms with E-state index in [4.69, 9.17) is 5.11 Å². The molecule has 23 heavy (non-hydrogen) atoms. The highest BCUT2D eigenvalue weighted by Gasteiger charge is 2.33. The number of carbonyl (C=O) groups is 1. The number of hydrogen-bond acceptors (Lipinski definition) is 2. The molecule has 1 aliphatic rings. The molecule has 1 fully saturated rings. The molecule has 120 valence electrons. The fraction of sp³-hybridized carbons (Fsp3) is 0.350. The Morgan fingerprint density at radius 3 is 1.87 bits per heavy atom. The maximum atomic E-state index is 11.0. The molecule has 1 N–H and O–H groups in total. The summed E-state index contributed by atoms with van der Waals surface area (Å²) in [5.41, 5.74) is 2.70. The predicted octanol–water partition coefficient (Wildman–Crippen LogP) is 3.10. The van der Waals surface area contributed by atoms with Crippen LogP contribution in [0.2, 0.25) is 0 Å². The van der Waals surface area contributed by atoms with Crippen LogP contribution in [0.1, 0.15) is 11.1 Å². The van der Waals surface area contributed by atoms with Gasteiger partial charge in [-0.25, -0.2) is 0 Å². The topological polar surface area (TPSA) is 40.5 Å². The molecule has 0 spiro atoms. The second-order valence-electron chi connectivity index (χ2n) is 6.50. The van der Waals surface area contributed by atoms with E-state index in [1.54, 1.807) is 0 Å². The Morgan fingerprint density at radius 2 is 1.43 bits per heavy atom. The van der Waals surface area contributed by atoms with Crippen molar-refractivity contribution in [3.8, 4) is 0 Å². The lowest BCUT2D eigenvalue weighted by molar-refractivity contribution is -0.147. The largest absolute Gasteiger partial charge is 0.481 e. The van der Waals surface area contributed by atoms with Crippen LogP contribution >= 0.6 is 0 Å². The van der Waals surface area contributed by atoms with E-state index in [1.165, 1.54) is 11.1 Å². The summed E-state index contributed by atoms with van der Waals surface area (Å²) in [6.07, 6.45) is 2.06. The standard InChI is InChI=1S/C20H23NO2/c22-20(23)19-14-21(15-19)13-18(11-16-7-3-1-4-8-16)12-17-9-5-2-6-10-17/h1-10,18-19H,11-15H2,(H,22,23). The number of aliphatic carboxylic acids is 1. The van der Waals surface area contributed by atoms with Gasteiger partial charge in [-0.15, -0.1) is 0 Å². The lowest BCUT2D eigenvalue weighted by atomic mass is 9.90. The van der Waals surface area contributed by atoms with Gasteiger partial charge in [-0.2, -0.15) is 0 Å². The van der Waals surface area contributed by atoms with Gasteiger partial charge in [0.15, 0.2) is 0 Å². The molecule has 0 bridgehead atoms. The van der Waals surface area contributed by atoms with Crippen LogP contribution in [0, 0.1) is 11.8 Å². The van der Waals surface area contributed by atoms with Crippen molar-refractivity contribution in [3.05, 3.63) is 71.8 Å². The second kappa shape index (κ2) is 7.42. The zero-order chi connectivity index (χ0) is 16.1. The van der Waals surface area contributed by atoms with Crippen molar-refractivity contribution in [1.29, 1.82) is 0 Å². The van der Waals surface area contributed by atoms with Crippen LogP contribution < -0.4 is 0 Å². The summed E-state index contributed by atoms with van der Waals surface area (Å²) in [4.78, 5) is 13.2. The van der Waals surface area contributed by atoms with Crippen molar-refractivity contribution in [2.24, 2.45) is 11.8 Å². The summed E-state index contributed by atoms with van der Waals surface area (Å²) < 4.78 is 0. The molecule has 1 aliphatic heterocycles. The highest BCUT2D eigenvalue weighted by Crippen LogP contribution is 2.22. The van der Waals surface area contributed by atoms with Crippen molar-refractivity contribution in [2.75, 3.05) is 19.6 Å². The number of likely N-dealkylation sites (tertiary alicyclic amines) is 1. The molecule has 1 saturated heterocycles. The minimum Gasteiger partial charge on any atom is -0.481 e. The summed E-state index contributed by atoms with van der Waals surface area (Å²) in [5, 5.41) is 9.03. The Morgan fingerprint density at radius 1 is 0.957 bits per heavy atom. The lowest BCUT2D eigenvalue weighted by Crippen LogP contribution is -2.52. The second-order valence-corrected chi connectivity index (χ2v) is 6.50. The third-order valence-corrected chi connectivity index (χ3v) is 4.56. The first-order valence-electron chi connectivity index (χ1n) is 8.23. The minimum absolute atomic E-state index is 0.177. The molecule has 0 atom stereocenters. The number of hydrogen-bond donors (Lipinski definition) is 1. The SMILES string of the molecule is O=C(O)C1CN(CC(Cc2ccccc2)Cc2ccccc2)C1. The maximum absolute atomic E-state index is 11.0. The normalized spacial score (nSPS) is 15.5. The number of nitrogens with zero attached hydrogens (tertiary/aromatic N) is 1. The van der Waals surface area contributed by atoms with Gasteiger partial charge in [0.1, 0.15) is 0 Å². The van der Waals surface area contributed by atoms with E-state index in [9.17, 15) is 4.79 Å². The molecular weight excluding hydrogens is 286 g/mol. The number of carboxylic acid groups (broad SMARTS) is 1. The monoisotopic (exact) mass is 309 g/mol. The molecule has 0 unspecified atom stereocenters. The van der Waals surface area contributed by atoms with E-state index in [-0.39, 0.29) is 5.92 Å². The molecule has 3 heteroatoms. The Labute approximate surface area is 137 Å². The van der Waals surface area contributed by atoms with Gasteiger partial charge in [0.2, 0.25) is 0 Å². The van der Waals surface area contributed by atoms with Gasteiger partial charge in [-0.05, 0) is 29.9 Å². The van der Waals surface area contributed by atoms with Crippen LogP contribution in [0.3, 0.4) is 0 Å². The number of carboxylic acids is 1. The van der Waals surface area contributed by atoms with Crippen molar-refractivity contribution in [1.82, 2.24) is 4.90 Å². The van der Waals surface area contributed by atoms with Crippen LogP contribution in [-0.2, 0) is 17.6 Å². The quantitative estimate of drug-likeness (QED) is 0.854. The van der Waals surface area contributed by atoms with E-state index >= 15 is 0 Å². The van der Waals surface area contributed by atoms with Crippen molar-refractivity contribution < 1.29 is 9.90 Å². The minimum atomic E-state index is -0.663. The average Bonchev–Trinajstić information content (AvgIpc) is 2.52.